The van der Waals surface area contributed by atoms with Gasteiger partial charge in [0.1, 0.15) is 5.75 Å². The average molecular weight is 372 g/mol. The van der Waals surface area contributed by atoms with E-state index in [1.165, 1.54) is 18.3 Å². The number of nitrogens with one attached hydrogen (secondary N) is 1. The third-order valence-corrected chi connectivity index (χ3v) is 3.64. The molecular weight excluding hydrogens is 348 g/mol. The Hall–Kier alpha value is -3.22. The Balaban J connectivity index is 2.04. The maximum atomic E-state index is 11.9. The van der Waals surface area contributed by atoms with E-state index in [2.05, 4.69) is 10.5 Å². The molecule has 0 bridgehead atoms. The highest BCUT2D eigenvalue weighted by molar-refractivity contribution is 5.85. The lowest BCUT2D eigenvalue weighted by Gasteiger charge is -2.14. The highest BCUT2D eigenvalue weighted by Crippen LogP contribution is 2.38. The molecule has 0 aliphatic rings. The molecule has 0 heterocycles. The minimum absolute atomic E-state index is 0.159. The largest absolute Gasteiger partial charge is 0.508 e. The standard InChI is InChI=1S/C20H24N2O5/c1-4-9-27-20-17(25-2)10-15(11-18(20)26-3)13-21-22-19(24)12-14-5-7-16(23)8-6-14/h5-8,10-11,13,23H,4,9,12H2,1-3H3,(H,22,24)/b21-13-. The van der Waals surface area contributed by atoms with Gasteiger partial charge in [0.2, 0.25) is 11.7 Å². The molecule has 2 rings (SSSR count). The monoisotopic (exact) mass is 372 g/mol. The van der Waals surface area contributed by atoms with Gasteiger partial charge in [-0.15, -0.1) is 0 Å². The van der Waals surface area contributed by atoms with Gasteiger partial charge in [0.05, 0.1) is 33.5 Å². The van der Waals surface area contributed by atoms with E-state index in [1.807, 2.05) is 6.92 Å². The second-order valence-electron chi connectivity index (χ2n) is 5.74. The number of hydrogen-bond donors (Lipinski definition) is 2. The number of nitrogens with zero attached hydrogens (tertiary/aromatic N) is 1. The number of ether oxygens (including phenoxy) is 3. The lowest BCUT2D eigenvalue weighted by Crippen LogP contribution is -2.19. The molecule has 0 spiro atoms. The van der Waals surface area contributed by atoms with Crippen LogP contribution < -0.4 is 19.6 Å². The number of methoxy groups -OCH3 is 2. The third-order valence-electron chi connectivity index (χ3n) is 3.64. The number of carbonyl (C=O) groups excluding carboxylic acids is 1. The minimum atomic E-state index is -0.265. The molecule has 2 N–H and O–H groups in total. The van der Waals surface area contributed by atoms with Crippen LogP contribution in [0.15, 0.2) is 41.5 Å². The summed E-state index contributed by atoms with van der Waals surface area (Å²) in [5, 5.41) is 13.2. The third kappa shape index (κ3) is 5.91. The van der Waals surface area contributed by atoms with Gasteiger partial charge < -0.3 is 19.3 Å². The highest BCUT2D eigenvalue weighted by atomic mass is 16.5. The molecule has 144 valence electrons. The van der Waals surface area contributed by atoms with Gasteiger partial charge in [-0.05, 0) is 36.2 Å². The number of phenolic OH excluding ortho intramolecular Hbond substituents is 1. The zero-order valence-electron chi connectivity index (χ0n) is 15.7. The Labute approximate surface area is 158 Å². The van der Waals surface area contributed by atoms with Crippen molar-refractivity contribution < 1.29 is 24.1 Å². The summed E-state index contributed by atoms with van der Waals surface area (Å²) in [5.74, 6) is 1.49. The van der Waals surface area contributed by atoms with Crippen LogP contribution in [0.25, 0.3) is 0 Å². The summed E-state index contributed by atoms with van der Waals surface area (Å²) < 4.78 is 16.4. The van der Waals surface area contributed by atoms with Gasteiger partial charge in [-0.1, -0.05) is 19.1 Å². The topological polar surface area (TPSA) is 89.4 Å². The van der Waals surface area contributed by atoms with Crippen molar-refractivity contribution in [1.82, 2.24) is 5.43 Å². The smallest absolute Gasteiger partial charge is 0.244 e. The van der Waals surface area contributed by atoms with Crippen molar-refractivity contribution in [2.75, 3.05) is 20.8 Å². The Morgan fingerprint density at radius 3 is 2.33 bits per heavy atom. The van der Waals surface area contributed by atoms with Gasteiger partial charge in [0, 0.05) is 5.56 Å². The summed E-state index contributed by atoms with van der Waals surface area (Å²) in [6, 6.07) is 9.94. The van der Waals surface area contributed by atoms with Crippen molar-refractivity contribution in [1.29, 1.82) is 0 Å². The molecular formula is C20H24N2O5. The van der Waals surface area contributed by atoms with E-state index in [9.17, 15) is 9.90 Å². The summed E-state index contributed by atoms with van der Waals surface area (Å²) in [5.41, 5.74) is 3.94. The van der Waals surface area contributed by atoms with Gasteiger partial charge >= 0.3 is 0 Å². The lowest BCUT2D eigenvalue weighted by molar-refractivity contribution is -0.120. The first-order chi connectivity index (χ1) is 13.1. The SMILES string of the molecule is CCCOc1c(OC)cc(/C=N\NC(=O)Cc2ccc(O)cc2)cc1OC. The summed E-state index contributed by atoms with van der Waals surface area (Å²) in [7, 11) is 3.10. The quantitative estimate of drug-likeness (QED) is 0.522. The van der Waals surface area contributed by atoms with E-state index in [1.54, 1.807) is 38.5 Å². The van der Waals surface area contributed by atoms with E-state index >= 15 is 0 Å². The molecule has 0 atom stereocenters. The number of amides is 1. The van der Waals surface area contributed by atoms with E-state index in [4.69, 9.17) is 14.2 Å². The second-order valence-corrected chi connectivity index (χ2v) is 5.74. The van der Waals surface area contributed by atoms with Crippen molar-refractivity contribution in [3.63, 3.8) is 0 Å². The normalized spacial score (nSPS) is 10.6. The van der Waals surface area contributed by atoms with Crippen LogP contribution in [0.4, 0.5) is 0 Å². The fraction of sp³-hybridized carbons (Fsp3) is 0.300. The molecule has 2 aromatic carbocycles. The first-order valence-electron chi connectivity index (χ1n) is 8.56. The summed E-state index contributed by atoms with van der Waals surface area (Å²) in [4.78, 5) is 11.9. The van der Waals surface area contributed by atoms with Crippen LogP contribution in [0.2, 0.25) is 0 Å². The predicted molar refractivity (Wildman–Crippen MR) is 103 cm³/mol. The Morgan fingerprint density at radius 1 is 1.15 bits per heavy atom. The number of benzene rings is 2. The van der Waals surface area contributed by atoms with E-state index in [0.29, 0.717) is 29.4 Å². The first kappa shape index (κ1) is 20.1. The van der Waals surface area contributed by atoms with Crippen LogP contribution in [0.3, 0.4) is 0 Å². The summed E-state index contributed by atoms with van der Waals surface area (Å²) >= 11 is 0. The van der Waals surface area contributed by atoms with Crippen molar-refractivity contribution in [3.05, 3.63) is 47.5 Å². The Bertz CT molecular complexity index is 762. The van der Waals surface area contributed by atoms with E-state index in [-0.39, 0.29) is 18.1 Å². The van der Waals surface area contributed by atoms with Crippen LogP contribution >= 0.6 is 0 Å². The molecule has 0 fully saturated rings. The number of aromatic hydroxyl groups is 1. The fourth-order valence-corrected chi connectivity index (χ4v) is 2.34. The fourth-order valence-electron chi connectivity index (χ4n) is 2.34. The lowest BCUT2D eigenvalue weighted by atomic mass is 10.1. The Kier molecular flexibility index (Phi) is 7.49. The number of hydrazone groups is 1. The maximum absolute atomic E-state index is 11.9. The number of phenols is 1. The Morgan fingerprint density at radius 2 is 1.78 bits per heavy atom. The molecule has 0 aliphatic heterocycles. The molecule has 0 saturated heterocycles. The van der Waals surface area contributed by atoms with Crippen LogP contribution in [0, 0.1) is 0 Å². The average Bonchev–Trinajstić information content (AvgIpc) is 2.67. The van der Waals surface area contributed by atoms with Crippen LogP contribution in [-0.2, 0) is 11.2 Å². The zero-order chi connectivity index (χ0) is 19.6. The molecule has 7 heteroatoms. The van der Waals surface area contributed by atoms with Gasteiger partial charge in [-0.3, -0.25) is 4.79 Å². The van der Waals surface area contributed by atoms with Crippen molar-refractivity contribution >= 4 is 12.1 Å². The van der Waals surface area contributed by atoms with Gasteiger partial charge in [0.25, 0.3) is 0 Å². The van der Waals surface area contributed by atoms with Gasteiger partial charge in [-0.25, -0.2) is 5.43 Å². The number of hydrogen-bond acceptors (Lipinski definition) is 6. The zero-order valence-corrected chi connectivity index (χ0v) is 15.7. The van der Waals surface area contributed by atoms with Crippen molar-refractivity contribution in [2.24, 2.45) is 5.10 Å². The molecule has 0 unspecified atom stereocenters. The summed E-state index contributed by atoms with van der Waals surface area (Å²) in [6.45, 7) is 2.56. The molecule has 0 aromatic heterocycles. The molecule has 1 amide bonds. The molecule has 0 aliphatic carbocycles. The molecule has 0 radical (unpaired) electrons. The molecule has 7 nitrogen and oxygen atoms in total. The van der Waals surface area contributed by atoms with Crippen molar-refractivity contribution in [3.8, 4) is 23.0 Å². The predicted octanol–water partition coefficient (Wildman–Crippen LogP) is 2.89. The van der Waals surface area contributed by atoms with Crippen LogP contribution in [-0.4, -0.2) is 38.1 Å². The molecule has 27 heavy (non-hydrogen) atoms. The summed E-state index contributed by atoms with van der Waals surface area (Å²) in [6.07, 6.45) is 2.53. The maximum Gasteiger partial charge on any atom is 0.244 e. The first-order valence-corrected chi connectivity index (χ1v) is 8.56. The molecule has 0 saturated carbocycles. The van der Waals surface area contributed by atoms with E-state index in [0.717, 1.165) is 12.0 Å². The van der Waals surface area contributed by atoms with Crippen LogP contribution in [0.1, 0.15) is 24.5 Å². The van der Waals surface area contributed by atoms with Crippen molar-refractivity contribution in [2.45, 2.75) is 19.8 Å². The van der Waals surface area contributed by atoms with E-state index < -0.39 is 0 Å². The number of carbonyl (C=O) groups is 1. The second kappa shape index (κ2) is 10.1. The van der Waals surface area contributed by atoms with Crippen LogP contribution in [0.5, 0.6) is 23.0 Å². The van der Waals surface area contributed by atoms with Gasteiger partial charge in [0.15, 0.2) is 11.5 Å². The van der Waals surface area contributed by atoms with Gasteiger partial charge in [-0.2, -0.15) is 5.10 Å². The highest BCUT2D eigenvalue weighted by Gasteiger charge is 2.13. The minimum Gasteiger partial charge on any atom is -0.508 e. The number of rotatable bonds is 9. The molecule has 2 aromatic rings.